The summed E-state index contributed by atoms with van der Waals surface area (Å²) < 4.78 is 15.9. The number of methoxy groups -OCH3 is 1. The van der Waals surface area contributed by atoms with E-state index in [4.69, 9.17) is 25.4 Å². The zero-order chi connectivity index (χ0) is 12.3. The number of nitrogens with two attached hydrogens (primary N) is 1. The predicted molar refractivity (Wildman–Crippen MR) is 63.4 cm³/mol. The second-order valence-corrected chi connectivity index (χ2v) is 3.91. The molecule has 1 aromatic carbocycles. The summed E-state index contributed by atoms with van der Waals surface area (Å²) in [7, 11) is 1.61. The van der Waals surface area contributed by atoms with Gasteiger partial charge < -0.3 is 19.9 Å². The Morgan fingerprint density at radius 2 is 2.29 bits per heavy atom. The van der Waals surface area contributed by atoms with Gasteiger partial charge in [-0.15, -0.1) is 0 Å². The monoisotopic (exact) mass is 236 g/mol. The maximum absolute atomic E-state index is 7.40. The second kappa shape index (κ2) is 5.16. The molecule has 92 valence electrons. The number of benzene rings is 1. The van der Waals surface area contributed by atoms with Gasteiger partial charge in [0.05, 0.1) is 26.9 Å². The first-order valence-corrected chi connectivity index (χ1v) is 5.41. The maximum Gasteiger partial charge on any atom is 0.124 e. The lowest BCUT2D eigenvalue weighted by atomic mass is 10.1. The van der Waals surface area contributed by atoms with Crippen LogP contribution >= 0.6 is 0 Å². The van der Waals surface area contributed by atoms with Crippen molar-refractivity contribution >= 4 is 5.84 Å². The first-order valence-electron chi connectivity index (χ1n) is 5.41. The van der Waals surface area contributed by atoms with Crippen molar-refractivity contribution in [2.75, 3.05) is 20.3 Å². The van der Waals surface area contributed by atoms with Crippen LogP contribution < -0.4 is 10.5 Å². The Balaban J connectivity index is 2.10. The number of rotatable bonds is 5. The number of nitrogen functional groups attached to an aromatic ring is 1. The molecule has 1 saturated heterocycles. The fourth-order valence-electron chi connectivity index (χ4n) is 1.58. The standard InChI is InChI=1S/C12H16N2O3/c1-15-11-3-2-8(12(13)14)4-9(11)5-17-10-6-16-7-10/h2-4,10H,5-7H2,1H3,(H3,13,14). The van der Waals surface area contributed by atoms with E-state index in [1.54, 1.807) is 19.2 Å². The summed E-state index contributed by atoms with van der Waals surface area (Å²) >= 11 is 0. The van der Waals surface area contributed by atoms with Crippen LogP contribution in [0, 0.1) is 5.41 Å². The zero-order valence-electron chi connectivity index (χ0n) is 9.73. The minimum Gasteiger partial charge on any atom is -0.496 e. The number of amidine groups is 1. The number of ether oxygens (including phenoxy) is 3. The largest absolute Gasteiger partial charge is 0.496 e. The average Bonchev–Trinajstić information content (AvgIpc) is 2.26. The number of hydrogen-bond acceptors (Lipinski definition) is 4. The second-order valence-electron chi connectivity index (χ2n) is 3.91. The highest BCUT2D eigenvalue weighted by Crippen LogP contribution is 2.22. The highest BCUT2D eigenvalue weighted by molar-refractivity contribution is 5.95. The normalized spacial score (nSPS) is 15.4. The van der Waals surface area contributed by atoms with Gasteiger partial charge in [0.1, 0.15) is 17.7 Å². The predicted octanol–water partition coefficient (Wildman–Crippen LogP) is 0.895. The van der Waals surface area contributed by atoms with E-state index in [1.807, 2.05) is 6.07 Å². The highest BCUT2D eigenvalue weighted by Gasteiger charge is 2.19. The third kappa shape index (κ3) is 2.75. The molecule has 5 nitrogen and oxygen atoms in total. The Labute approximate surface area is 100.0 Å². The summed E-state index contributed by atoms with van der Waals surface area (Å²) in [4.78, 5) is 0. The molecule has 0 aromatic heterocycles. The van der Waals surface area contributed by atoms with Crippen LogP contribution in [0.4, 0.5) is 0 Å². The summed E-state index contributed by atoms with van der Waals surface area (Å²) in [5.74, 6) is 0.788. The third-order valence-electron chi connectivity index (χ3n) is 2.67. The summed E-state index contributed by atoms with van der Waals surface area (Å²) in [5.41, 5.74) is 7.02. The quantitative estimate of drug-likeness (QED) is 0.588. The van der Waals surface area contributed by atoms with E-state index < -0.39 is 0 Å². The van der Waals surface area contributed by atoms with E-state index >= 15 is 0 Å². The summed E-state index contributed by atoms with van der Waals surface area (Å²) in [5, 5.41) is 7.40. The molecule has 3 N–H and O–H groups in total. The molecule has 17 heavy (non-hydrogen) atoms. The van der Waals surface area contributed by atoms with Gasteiger partial charge in [0.25, 0.3) is 0 Å². The fourth-order valence-corrected chi connectivity index (χ4v) is 1.58. The van der Waals surface area contributed by atoms with Gasteiger partial charge >= 0.3 is 0 Å². The summed E-state index contributed by atoms with van der Waals surface area (Å²) in [6.45, 7) is 1.74. The highest BCUT2D eigenvalue weighted by atomic mass is 16.6. The molecule has 0 bridgehead atoms. The SMILES string of the molecule is COc1ccc(C(=N)N)cc1COC1COC1. The van der Waals surface area contributed by atoms with Gasteiger partial charge in [-0.05, 0) is 18.2 Å². The van der Waals surface area contributed by atoms with Crippen molar-refractivity contribution in [3.63, 3.8) is 0 Å². The molecule has 0 amide bonds. The van der Waals surface area contributed by atoms with Gasteiger partial charge in [0, 0.05) is 11.1 Å². The number of hydrogen-bond donors (Lipinski definition) is 2. The molecular formula is C12H16N2O3. The van der Waals surface area contributed by atoms with Crippen LogP contribution in [0.3, 0.4) is 0 Å². The molecule has 0 aliphatic carbocycles. The van der Waals surface area contributed by atoms with Crippen LogP contribution in [-0.4, -0.2) is 32.3 Å². The van der Waals surface area contributed by atoms with Gasteiger partial charge in [0.15, 0.2) is 0 Å². The minimum atomic E-state index is 0.0425. The molecule has 1 aromatic rings. The van der Waals surface area contributed by atoms with Crippen molar-refractivity contribution in [3.8, 4) is 5.75 Å². The molecule has 1 fully saturated rings. The molecule has 5 heteroatoms. The molecule has 0 unspecified atom stereocenters. The van der Waals surface area contributed by atoms with E-state index in [0.717, 1.165) is 11.3 Å². The van der Waals surface area contributed by atoms with E-state index in [2.05, 4.69) is 0 Å². The Kier molecular flexibility index (Phi) is 3.61. The van der Waals surface area contributed by atoms with E-state index in [0.29, 0.717) is 25.4 Å². The van der Waals surface area contributed by atoms with Crippen molar-refractivity contribution in [3.05, 3.63) is 29.3 Å². The van der Waals surface area contributed by atoms with Crippen molar-refractivity contribution in [2.24, 2.45) is 5.73 Å². The topological polar surface area (TPSA) is 77.6 Å². The Bertz CT molecular complexity index is 416. The fraction of sp³-hybridized carbons (Fsp3) is 0.417. The number of nitrogens with one attached hydrogen (secondary N) is 1. The molecule has 1 heterocycles. The van der Waals surface area contributed by atoms with Crippen LogP contribution in [0.1, 0.15) is 11.1 Å². The van der Waals surface area contributed by atoms with E-state index in [9.17, 15) is 0 Å². The van der Waals surface area contributed by atoms with Crippen molar-refractivity contribution in [2.45, 2.75) is 12.7 Å². The first kappa shape index (κ1) is 11.9. The molecule has 1 aliphatic heterocycles. The van der Waals surface area contributed by atoms with Crippen LogP contribution in [0.15, 0.2) is 18.2 Å². The average molecular weight is 236 g/mol. The molecule has 2 rings (SSSR count). The van der Waals surface area contributed by atoms with Crippen LogP contribution in [-0.2, 0) is 16.1 Å². The molecular weight excluding hydrogens is 220 g/mol. The lowest BCUT2D eigenvalue weighted by Gasteiger charge is -2.26. The van der Waals surface area contributed by atoms with Crippen LogP contribution in [0.25, 0.3) is 0 Å². The summed E-state index contributed by atoms with van der Waals surface area (Å²) in [6, 6.07) is 5.38. The molecule has 0 radical (unpaired) electrons. The van der Waals surface area contributed by atoms with Gasteiger partial charge in [-0.2, -0.15) is 0 Å². The van der Waals surface area contributed by atoms with Gasteiger partial charge in [-0.3, -0.25) is 5.41 Å². The van der Waals surface area contributed by atoms with E-state index in [1.165, 1.54) is 0 Å². The third-order valence-corrected chi connectivity index (χ3v) is 2.67. The van der Waals surface area contributed by atoms with E-state index in [-0.39, 0.29) is 11.9 Å². The first-order chi connectivity index (χ1) is 8.20. The Morgan fingerprint density at radius 3 is 2.82 bits per heavy atom. The zero-order valence-corrected chi connectivity index (χ0v) is 9.73. The summed E-state index contributed by atoms with van der Waals surface area (Å²) in [6.07, 6.45) is 0.167. The van der Waals surface area contributed by atoms with Crippen molar-refractivity contribution in [1.82, 2.24) is 0 Å². The lowest BCUT2D eigenvalue weighted by molar-refractivity contribution is -0.135. The lowest BCUT2D eigenvalue weighted by Crippen LogP contribution is -2.35. The Hall–Kier alpha value is -1.59. The van der Waals surface area contributed by atoms with Crippen molar-refractivity contribution < 1.29 is 14.2 Å². The minimum absolute atomic E-state index is 0.0425. The smallest absolute Gasteiger partial charge is 0.124 e. The Morgan fingerprint density at radius 1 is 1.53 bits per heavy atom. The van der Waals surface area contributed by atoms with Crippen LogP contribution in [0.5, 0.6) is 5.75 Å². The van der Waals surface area contributed by atoms with Gasteiger partial charge in [-0.25, -0.2) is 0 Å². The molecule has 0 spiro atoms. The van der Waals surface area contributed by atoms with Gasteiger partial charge in [0.2, 0.25) is 0 Å². The molecule has 0 saturated carbocycles. The molecule has 1 aliphatic rings. The molecule has 0 atom stereocenters. The van der Waals surface area contributed by atoms with Gasteiger partial charge in [-0.1, -0.05) is 0 Å². The van der Waals surface area contributed by atoms with Crippen molar-refractivity contribution in [1.29, 1.82) is 5.41 Å². The maximum atomic E-state index is 7.40. The van der Waals surface area contributed by atoms with Crippen LogP contribution in [0.2, 0.25) is 0 Å².